The Morgan fingerprint density at radius 2 is 2.62 bits per heavy atom. The average molecular weight is 116 g/mol. The molecule has 0 fully saturated rings. The van der Waals surface area contributed by atoms with Gasteiger partial charge >= 0.3 is 0 Å². The fraction of sp³-hybridized carbons (Fsp3) is 0.250. The van der Waals surface area contributed by atoms with Crippen LogP contribution in [0.25, 0.3) is 0 Å². The van der Waals surface area contributed by atoms with Crippen molar-refractivity contribution in [1.29, 1.82) is 0 Å². The first-order valence-electron chi connectivity index (χ1n) is 2.09. The number of hydrogen-bond acceptors (Lipinski definition) is 3. The normalized spacial score (nSPS) is 9.62. The lowest BCUT2D eigenvalue weighted by Gasteiger charge is -1.78. The van der Waals surface area contributed by atoms with Crippen molar-refractivity contribution in [2.75, 3.05) is 5.73 Å². The summed E-state index contributed by atoms with van der Waals surface area (Å²) in [6, 6.07) is 0. The van der Waals surface area contributed by atoms with Gasteiger partial charge in [0.15, 0.2) is 6.67 Å². The molecule has 1 aromatic heterocycles. The first kappa shape index (κ1) is 5.08. The molecule has 0 saturated heterocycles. The Bertz CT molecular complexity index is 174. The third-order valence-corrected chi connectivity index (χ3v) is 0.686. The van der Waals surface area contributed by atoms with Gasteiger partial charge in [-0.25, -0.2) is 9.37 Å². The smallest absolute Gasteiger partial charge is 0.228 e. The Balaban J connectivity index is 2.84. The lowest BCUT2D eigenvalue weighted by molar-refractivity contribution is 0.387. The standard InChI is InChI=1S/C4H5FN2O/c5-1-4-7-2-3(6)8-4/h2H,1,6H2. The molecule has 1 aromatic rings. The van der Waals surface area contributed by atoms with E-state index in [1.54, 1.807) is 0 Å². The molecule has 2 N–H and O–H groups in total. The summed E-state index contributed by atoms with van der Waals surface area (Å²) in [5.74, 6) is 0.181. The van der Waals surface area contributed by atoms with Crippen LogP contribution in [0.3, 0.4) is 0 Å². The molecule has 8 heavy (non-hydrogen) atoms. The van der Waals surface area contributed by atoms with Crippen molar-refractivity contribution in [3.8, 4) is 0 Å². The van der Waals surface area contributed by atoms with E-state index in [4.69, 9.17) is 5.73 Å². The van der Waals surface area contributed by atoms with Gasteiger partial charge in [-0.15, -0.1) is 0 Å². The van der Waals surface area contributed by atoms with E-state index in [-0.39, 0.29) is 11.8 Å². The zero-order chi connectivity index (χ0) is 5.98. The van der Waals surface area contributed by atoms with Crippen LogP contribution >= 0.6 is 0 Å². The van der Waals surface area contributed by atoms with E-state index in [1.807, 2.05) is 0 Å². The topological polar surface area (TPSA) is 52.0 Å². The van der Waals surface area contributed by atoms with E-state index < -0.39 is 6.67 Å². The molecule has 0 bridgehead atoms. The molecular formula is C4H5FN2O. The number of halogens is 1. The molecule has 1 rings (SSSR count). The number of aromatic nitrogens is 1. The maximum Gasteiger partial charge on any atom is 0.228 e. The molecule has 0 spiro atoms. The van der Waals surface area contributed by atoms with Gasteiger partial charge in [-0.1, -0.05) is 0 Å². The SMILES string of the molecule is Nc1cnc(CF)o1. The van der Waals surface area contributed by atoms with Gasteiger partial charge in [0.1, 0.15) is 0 Å². The van der Waals surface area contributed by atoms with E-state index in [0.29, 0.717) is 0 Å². The minimum absolute atomic E-state index is 0.0301. The summed E-state index contributed by atoms with van der Waals surface area (Å²) in [5, 5.41) is 0. The van der Waals surface area contributed by atoms with Crippen molar-refractivity contribution in [1.82, 2.24) is 4.98 Å². The molecule has 1 heterocycles. The van der Waals surface area contributed by atoms with Crippen LogP contribution in [-0.2, 0) is 6.67 Å². The molecule has 0 aliphatic rings. The van der Waals surface area contributed by atoms with Gasteiger partial charge < -0.3 is 10.2 Å². The first-order valence-corrected chi connectivity index (χ1v) is 2.09. The fourth-order valence-corrected chi connectivity index (χ4v) is 0.386. The zero-order valence-electron chi connectivity index (χ0n) is 4.10. The molecule has 44 valence electrons. The van der Waals surface area contributed by atoms with Crippen LogP contribution in [0, 0.1) is 0 Å². The molecule has 0 aliphatic carbocycles. The van der Waals surface area contributed by atoms with Crippen LogP contribution in [-0.4, -0.2) is 4.98 Å². The van der Waals surface area contributed by atoms with Crippen LogP contribution < -0.4 is 5.73 Å². The van der Waals surface area contributed by atoms with Crippen molar-refractivity contribution < 1.29 is 8.81 Å². The Labute approximate surface area is 45.3 Å². The van der Waals surface area contributed by atoms with Gasteiger partial charge in [-0.2, -0.15) is 0 Å². The van der Waals surface area contributed by atoms with E-state index in [9.17, 15) is 4.39 Å². The van der Waals surface area contributed by atoms with E-state index in [0.717, 1.165) is 0 Å². The van der Waals surface area contributed by atoms with Crippen molar-refractivity contribution in [2.24, 2.45) is 0 Å². The molecule has 0 aliphatic heterocycles. The Hall–Kier alpha value is -1.06. The molecule has 0 radical (unpaired) electrons. The van der Waals surface area contributed by atoms with E-state index >= 15 is 0 Å². The van der Waals surface area contributed by atoms with Gasteiger partial charge in [-0.05, 0) is 0 Å². The lowest BCUT2D eigenvalue weighted by Crippen LogP contribution is -1.76. The summed E-state index contributed by atoms with van der Waals surface area (Å²) in [7, 11) is 0. The predicted molar refractivity (Wildman–Crippen MR) is 25.7 cm³/mol. The second-order valence-corrected chi connectivity index (χ2v) is 1.29. The van der Waals surface area contributed by atoms with Gasteiger partial charge in [0.2, 0.25) is 11.8 Å². The summed E-state index contributed by atoms with van der Waals surface area (Å²) in [5.41, 5.74) is 5.06. The highest BCUT2D eigenvalue weighted by Gasteiger charge is 1.96. The van der Waals surface area contributed by atoms with Gasteiger partial charge in [0, 0.05) is 0 Å². The molecule has 0 atom stereocenters. The summed E-state index contributed by atoms with van der Waals surface area (Å²) in [4.78, 5) is 3.47. The minimum atomic E-state index is -0.697. The maximum absolute atomic E-state index is 11.5. The van der Waals surface area contributed by atoms with Crippen molar-refractivity contribution >= 4 is 5.88 Å². The largest absolute Gasteiger partial charge is 0.423 e. The minimum Gasteiger partial charge on any atom is -0.423 e. The van der Waals surface area contributed by atoms with Gasteiger partial charge in [0.25, 0.3) is 0 Å². The number of anilines is 1. The second kappa shape index (κ2) is 1.81. The predicted octanol–water partition coefficient (Wildman–Crippen LogP) is 0.726. The van der Waals surface area contributed by atoms with Crippen LogP contribution in [0.1, 0.15) is 5.89 Å². The molecule has 4 heteroatoms. The van der Waals surface area contributed by atoms with Crippen LogP contribution in [0.5, 0.6) is 0 Å². The molecule has 0 aromatic carbocycles. The molecule has 3 nitrogen and oxygen atoms in total. The zero-order valence-corrected chi connectivity index (χ0v) is 4.10. The average Bonchev–Trinajstić information content (AvgIpc) is 2.14. The highest BCUT2D eigenvalue weighted by molar-refractivity contribution is 5.17. The Morgan fingerprint density at radius 3 is 2.88 bits per heavy atom. The summed E-state index contributed by atoms with van der Waals surface area (Å²) < 4.78 is 16.1. The lowest BCUT2D eigenvalue weighted by atomic mass is 10.8. The Morgan fingerprint density at radius 1 is 1.88 bits per heavy atom. The number of nitrogen functional groups attached to an aromatic ring is 1. The van der Waals surface area contributed by atoms with Crippen LogP contribution in [0.4, 0.5) is 10.3 Å². The Kier molecular flexibility index (Phi) is 1.15. The monoisotopic (exact) mass is 116 g/mol. The highest BCUT2D eigenvalue weighted by Crippen LogP contribution is 2.04. The number of alkyl halides is 1. The van der Waals surface area contributed by atoms with Crippen molar-refractivity contribution in [3.63, 3.8) is 0 Å². The molecular weight excluding hydrogens is 111 g/mol. The number of oxazole rings is 1. The number of rotatable bonds is 1. The van der Waals surface area contributed by atoms with E-state index in [2.05, 4.69) is 9.40 Å². The van der Waals surface area contributed by atoms with Crippen molar-refractivity contribution in [3.05, 3.63) is 12.1 Å². The quantitative estimate of drug-likeness (QED) is 0.588. The summed E-state index contributed by atoms with van der Waals surface area (Å²) in [6.45, 7) is -0.697. The van der Waals surface area contributed by atoms with Gasteiger partial charge in [-0.3, -0.25) is 0 Å². The third-order valence-electron chi connectivity index (χ3n) is 0.686. The third kappa shape index (κ3) is 0.776. The molecule has 0 saturated carbocycles. The second-order valence-electron chi connectivity index (χ2n) is 1.29. The summed E-state index contributed by atoms with van der Waals surface area (Å²) in [6.07, 6.45) is 1.27. The molecule has 0 amide bonds. The highest BCUT2D eigenvalue weighted by atomic mass is 19.1. The van der Waals surface area contributed by atoms with Crippen molar-refractivity contribution in [2.45, 2.75) is 6.67 Å². The fourth-order valence-electron chi connectivity index (χ4n) is 0.386. The van der Waals surface area contributed by atoms with E-state index in [1.165, 1.54) is 6.20 Å². The van der Waals surface area contributed by atoms with Crippen LogP contribution in [0.2, 0.25) is 0 Å². The maximum atomic E-state index is 11.5. The van der Waals surface area contributed by atoms with Crippen LogP contribution in [0.15, 0.2) is 10.6 Å². The number of nitrogens with zero attached hydrogens (tertiary/aromatic N) is 1. The number of hydrogen-bond donors (Lipinski definition) is 1. The summed E-state index contributed by atoms with van der Waals surface area (Å²) >= 11 is 0. The number of nitrogens with two attached hydrogens (primary N) is 1. The first-order chi connectivity index (χ1) is 3.83. The molecule has 0 unspecified atom stereocenters. The van der Waals surface area contributed by atoms with Gasteiger partial charge in [0.05, 0.1) is 6.20 Å².